The number of methoxy groups -OCH3 is 1. The van der Waals surface area contributed by atoms with E-state index in [-0.39, 0.29) is 5.97 Å². The van der Waals surface area contributed by atoms with Crippen LogP contribution in [0.15, 0.2) is 48.5 Å². The number of carbonyl (C=O) groups excluding carboxylic acids is 3. The largest absolute Gasteiger partial charge is 0.466 e. The second kappa shape index (κ2) is 7.92. The number of hydrogen-bond donors (Lipinski definition) is 0. The first-order valence-electron chi connectivity index (χ1n) is 7.12. The van der Waals surface area contributed by atoms with Crippen LogP contribution < -0.4 is 4.74 Å². The molecule has 0 radical (unpaired) electrons. The van der Waals surface area contributed by atoms with E-state index in [9.17, 15) is 14.4 Å². The van der Waals surface area contributed by atoms with Crippen molar-refractivity contribution in [2.45, 2.75) is 6.92 Å². The summed E-state index contributed by atoms with van der Waals surface area (Å²) in [4.78, 5) is 33.6. The van der Waals surface area contributed by atoms with Gasteiger partial charge in [0.1, 0.15) is 5.75 Å². The predicted octanol–water partition coefficient (Wildman–Crippen LogP) is 2.61. The molecule has 2 aromatic rings. The fourth-order valence-electron chi connectivity index (χ4n) is 1.95. The Labute approximate surface area is 139 Å². The van der Waals surface area contributed by atoms with Crippen LogP contribution in [0.25, 0.3) is 11.1 Å². The van der Waals surface area contributed by atoms with Gasteiger partial charge in [-0.1, -0.05) is 24.3 Å². The van der Waals surface area contributed by atoms with Crippen LogP contribution in [0.2, 0.25) is 0 Å². The molecule has 6 heteroatoms. The summed E-state index contributed by atoms with van der Waals surface area (Å²) in [5.74, 6) is -1.13. The molecule has 24 heavy (non-hydrogen) atoms. The summed E-state index contributed by atoms with van der Waals surface area (Å²) in [6.45, 7) is 0.917. The summed E-state index contributed by atoms with van der Waals surface area (Å²) < 4.78 is 14.2. The second-order valence-electron chi connectivity index (χ2n) is 4.85. The molecular weight excluding hydrogens is 312 g/mol. The Bertz CT molecular complexity index is 731. The Hall–Kier alpha value is -3.15. The molecule has 0 bridgehead atoms. The minimum absolute atomic E-state index is 0.333. The third-order valence-electron chi connectivity index (χ3n) is 3.12. The topological polar surface area (TPSA) is 78.9 Å². The molecule has 6 nitrogen and oxygen atoms in total. The van der Waals surface area contributed by atoms with Gasteiger partial charge >= 0.3 is 17.9 Å². The third kappa shape index (κ3) is 4.67. The van der Waals surface area contributed by atoms with Crippen LogP contribution in [-0.4, -0.2) is 31.6 Å². The first-order valence-corrected chi connectivity index (χ1v) is 7.12. The van der Waals surface area contributed by atoms with Crippen LogP contribution >= 0.6 is 0 Å². The van der Waals surface area contributed by atoms with Gasteiger partial charge in [-0.25, -0.2) is 9.59 Å². The number of ether oxygens (including phenoxy) is 3. The van der Waals surface area contributed by atoms with Crippen LogP contribution in [0, 0.1) is 0 Å². The zero-order valence-electron chi connectivity index (χ0n) is 13.3. The van der Waals surface area contributed by atoms with Gasteiger partial charge in [-0.15, -0.1) is 0 Å². The summed E-state index contributed by atoms with van der Waals surface area (Å²) in [7, 11) is 1.22. The molecule has 0 atom stereocenters. The van der Waals surface area contributed by atoms with E-state index in [1.54, 1.807) is 36.4 Å². The lowest BCUT2D eigenvalue weighted by molar-refractivity contribution is -0.144. The van der Waals surface area contributed by atoms with E-state index in [0.29, 0.717) is 11.3 Å². The van der Waals surface area contributed by atoms with Crippen molar-refractivity contribution < 1.29 is 28.6 Å². The molecular formula is C18H16O6. The molecule has 0 aliphatic carbocycles. The highest BCUT2D eigenvalue weighted by Gasteiger charge is 2.10. The van der Waals surface area contributed by atoms with E-state index in [1.807, 2.05) is 12.1 Å². The normalized spacial score (nSPS) is 9.92. The number of benzene rings is 2. The molecule has 124 valence electrons. The lowest BCUT2D eigenvalue weighted by Crippen LogP contribution is -2.14. The van der Waals surface area contributed by atoms with Gasteiger partial charge in [0.25, 0.3) is 0 Å². The van der Waals surface area contributed by atoms with E-state index in [1.165, 1.54) is 14.0 Å². The molecule has 0 aromatic heterocycles. The van der Waals surface area contributed by atoms with Gasteiger partial charge in [-0.3, -0.25) is 4.79 Å². The van der Waals surface area contributed by atoms with Crippen molar-refractivity contribution in [1.29, 1.82) is 0 Å². The third-order valence-corrected chi connectivity index (χ3v) is 3.12. The Kier molecular flexibility index (Phi) is 5.68. The van der Waals surface area contributed by atoms with E-state index >= 15 is 0 Å². The average Bonchev–Trinajstić information content (AvgIpc) is 2.59. The maximum Gasteiger partial charge on any atom is 0.344 e. The van der Waals surface area contributed by atoms with Gasteiger partial charge in [0.15, 0.2) is 6.61 Å². The number of hydrogen-bond acceptors (Lipinski definition) is 6. The van der Waals surface area contributed by atoms with Crippen molar-refractivity contribution in [3.05, 3.63) is 54.1 Å². The fourth-order valence-corrected chi connectivity index (χ4v) is 1.95. The van der Waals surface area contributed by atoms with Crippen molar-refractivity contribution in [3.63, 3.8) is 0 Å². The van der Waals surface area contributed by atoms with E-state index in [4.69, 9.17) is 9.47 Å². The SMILES string of the molecule is COC(=O)COC(=O)c1ccc(-c2ccc(OC(C)=O)cc2)cc1. The smallest absolute Gasteiger partial charge is 0.344 e. The lowest BCUT2D eigenvalue weighted by Gasteiger charge is -2.06. The van der Waals surface area contributed by atoms with Crippen molar-refractivity contribution in [3.8, 4) is 16.9 Å². The number of carbonyl (C=O) groups is 3. The number of rotatable bonds is 5. The molecule has 0 aliphatic rings. The molecule has 0 unspecified atom stereocenters. The molecule has 2 rings (SSSR count). The van der Waals surface area contributed by atoms with Gasteiger partial charge in [0.2, 0.25) is 0 Å². The molecule has 0 heterocycles. The first-order chi connectivity index (χ1) is 11.5. The Morgan fingerprint density at radius 1 is 0.875 bits per heavy atom. The van der Waals surface area contributed by atoms with E-state index < -0.39 is 18.5 Å². The van der Waals surface area contributed by atoms with Crippen molar-refractivity contribution in [2.24, 2.45) is 0 Å². The van der Waals surface area contributed by atoms with Crippen molar-refractivity contribution >= 4 is 17.9 Å². The van der Waals surface area contributed by atoms with Gasteiger partial charge < -0.3 is 14.2 Å². The highest BCUT2D eigenvalue weighted by molar-refractivity contribution is 5.91. The van der Waals surface area contributed by atoms with E-state index in [2.05, 4.69) is 4.74 Å². The van der Waals surface area contributed by atoms with Crippen LogP contribution in [0.3, 0.4) is 0 Å². The molecule has 0 spiro atoms. The van der Waals surface area contributed by atoms with Crippen LogP contribution in [-0.2, 0) is 19.1 Å². The molecule has 2 aromatic carbocycles. The van der Waals surface area contributed by atoms with Gasteiger partial charge in [0, 0.05) is 6.92 Å². The summed E-state index contributed by atoms with van der Waals surface area (Å²) >= 11 is 0. The molecule has 0 N–H and O–H groups in total. The van der Waals surface area contributed by atoms with Crippen molar-refractivity contribution in [1.82, 2.24) is 0 Å². The molecule has 0 aliphatic heterocycles. The predicted molar refractivity (Wildman–Crippen MR) is 85.5 cm³/mol. The molecule has 0 fully saturated rings. The van der Waals surface area contributed by atoms with Gasteiger partial charge in [-0.05, 0) is 35.4 Å². The molecule has 0 saturated carbocycles. The second-order valence-corrected chi connectivity index (χ2v) is 4.85. The lowest BCUT2D eigenvalue weighted by atomic mass is 10.0. The zero-order chi connectivity index (χ0) is 17.5. The van der Waals surface area contributed by atoms with Crippen LogP contribution in [0.1, 0.15) is 17.3 Å². The quantitative estimate of drug-likeness (QED) is 0.620. The maximum absolute atomic E-state index is 11.8. The average molecular weight is 328 g/mol. The van der Waals surface area contributed by atoms with E-state index in [0.717, 1.165) is 11.1 Å². The van der Waals surface area contributed by atoms with Gasteiger partial charge in [0.05, 0.1) is 12.7 Å². The Balaban J connectivity index is 2.04. The zero-order valence-corrected chi connectivity index (χ0v) is 13.3. The van der Waals surface area contributed by atoms with Crippen molar-refractivity contribution in [2.75, 3.05) is 13.7 Å². The van der Waals surface area contributed by atoms with Gasteiger partial charge in [-0.2, -0.15) is 0 Å². The molecule has 0 saturated heterocycles. The highest BCUT2D eigenvalue weighted by atomic mass is 16.6. The molecule has 0 amide bonds. The highest BCUT2D eigenvalue weighted by Crippen LogP contribution is 2.23. The standard InChI is InChI=1S/C18H16O6/c1-12(19)24-16-9-7-14(8-10-16)13-3-5-15(6-4-13)18(21)23-11-17(20)22-2/h3-10H,11H2,1-2H3. The minimum atomic E-state index is -0.618. The van der Waals surface area contributed by atoms with Crippen LogP contribution in [0.5, 0.6) is 5.75 Å². The summed E-state index contributed by atoms with van der Waals surface area (Å²) in [5, 5.41) is 0. The van der Waals surface area contributed by atoms with Crippen LogP contribution in [0.4, 0.5) is 0 Å². The maximum atomic E-state index is 11.8. The Morgan fingerprint density at radius 3 is 1.92 bits per heavy atom. The Morgan fingerprint density at radius 2 is 1.42 bits per heavy atom. The fraction of sp³-hybridized carbons (Fsp3) is 0.167. The summed E-state index contributed by atoms with van der Waals surface area (Å²) in [6.07, 6.45) is 0. The minimum Gasteiger partial charge on any atom is -0.466 e. The monoisotopic (exact) mass is 328 g/mol. The number of esters is 3. The summed E-state index contributed by atoms with van der Waals surface area (Å²) in [5.41, 5.74) is 2.12. The summed E-state index contributed by atoms with van der Waals surface area (Å²) in [6, 6.07) is 13.7. The first kappa shape index (κ1) is 17.2.